The number of fused-ring (bicyclic) bond motifs is 2. The zero-order chi connectivity index (χ0) is 15.8. The Hall–Kier alpha value is -2.13. The summed E-state index contributed by atoms with van der Waals surface area (Å²) in [5.41, 5.74) is 14.7. The number of imidazole rings is 1. The summed E-state index contributed by atoms with van der Waals surface area (Å²) in [5, 5.41) is 0. The largest absolute Gasteiger partial charge is 0.330 e. The summed E-state index contributed by atoms with van der Waals surface area (Å²) in [4.78, 5) is 4.96. The van der Waals surface area contributed by atoms with Gasteiger partial charge in [-0.1, -0.05) is 18.2 Å². The maximum absolute atomic E-state index is 5.87. The molecular weight excluding hydrogens is 282 g/mol. The van der Waals surface area contributed by atoms with E-state index in [4.69, 9.17) is 10.7 Å². The number of hydrogen-bond acceptors (Lipinski definition) is 2. The molecule has 4 rings (SSSR count). The molecular formula is C20H23N3. The number of rotatable bonds is 3. The fourth-order valence-corrected chi connectivity index (χ4v) is 3.74. The highest BCUT2D eigenvalue weighted by atomic mass is 15.0. The number of hydrogen-bond donors (Lipinski definition) is 1. The molecule has 3 heteroatoms. The molecule has 0 aliphatic heterocycles. The van der Waals surface area contributed by atoms with E-state index in [9.17, 15) is 0 Å². The Labute approximate surface area is 137 Å². The lowest BCUT2D eigenvalue weighted by Gasteiger charge is -2.16. The summed E-state index contributed by atoms with van der Waals surface area (Å²) in [7, 11) is 0. The van der Waals surface area contributed by atoms with Crippen LogP contribution in [0.4, 0.5) is 0 Å². The van der Waals surface area contributed by atoms with Gasteiger partial charge in [0, 0.05) is 18.2 Å². The van der Waals surface area contributed by atoms with E-state index in [0.717, 1.165) is 17.8 Å². The molecule has 0 atom stereocenters. The highest BCUT2D eigenvalue weighted by molar-refractivity contribution is 5.69. The Morgan fingerprint density at radius 2 is 1.96 bits per heavy atom. The monoisotopic (exact) mass is 305 g/mol. The third-order valence-electron chi connectivity index (χ3n) is 4.95. The molecule has 0 spiro atoms. The van der Waals surface area contributed by atoms with Crippen LogP contribution in [0.15, 0.2) is 36.5 Å². The van der Waals surface area contributed by atoms with Gasteiger partial charge < -0.3 is 10.1 Å². The lowest BCUT2D eigenvalue weighted by molar-refractivity contribution is 0.686. The summed E-state index contributed by atoms with van der Waals surface area (Å²) in [5.74, 6) is 0. The first-order valence-corrected chi connectivity index (χ1v) is 8.56. The average molecular weight is 305 g/mol. The highest BCUT2D eigenvalue weighted by Crippen LogP contribution is 2.30. The molecule has 0 saturated heterocycles. The SMILES string of the molecule is Cc1cccn2c(CCN)c(-c3ccc4c(c3)CCCC4)nc12. The van der Waals surface area contributed by atoms with E-state index in [1.54, 1.807) is 0 Å². The van der Waals surface area contributed by atoms with E-state index in [1.807, 2.05) is 0 Å². The van der Waals surface area contributed by atoms with E-state index in [2.05, 4.69) is 47.9 Å². The van der Waals surface area contributed by atoms with Crippen molar-refractivity contribution in [2.75, 3.05) is 6.54 Å². The van der Waals surface area contributed by atoms with Gasteiger partial charge in [0.15, 0.2) is 0 Å². The van der Waals surface area contributed by atoms with Gasteiger partial charge in [-0.15, -0.1) is 0 Å². The van der Waals surface area contributed by atoms with Crippen molar-refractivity contribution in [2.24, 2.45) is 5.73 Å². The molecule has 2 N–H and O–H groups in total. The van der Waals surface area contributed by atoms with Gasteiger partial charge in [0.25, 0.3) is 0 Å². The number of nitrogens with zero attached hydrogens (tertiary/aromatic N) is 2. The normalized spacial score (nSPS) is 14.2. The van der Waals surface area contributed by atoms with Crippen LogP contribution in [0.5, 0.6) is 0 Å². The number of nitrogens with two attached hydrogens (primary N) is 1. The quantitative estimate of drug-likeness (QED) is 0.802. The van der Waals surface area contributed by atoms with Crippen LogP contribution in [0.25, 0.3) is 16.9 Å². The molecule has 0 radical (unpaired) electrons. The summed E-state index contributed by atoms with van der Waals surface area (Å²) < 4.78 is 2.21. The number of benzene rings is 1. The molecule has 3 nitrogen and oxygen atoms in total. The van der Waals surface area contributed by atoms with Crippen LogP contribution in [0.1, 0.15) is 35.2 Å². The second kappa shape index (κ2) is 5.82. The van der Waals surface area contributed by atoms with Crippen molar-refractivity contribution in [3.8, 4) is 11.3 Å². The molecule has 2 aromatic heterocycles. The summed E-state index contributed by atoms with van der Waals surface area (Å²) in [6, 6.07) is 11.1. The van der Waals surface area contributed by atoms with E-state index in [0.29, 0.717) is 6.54 Å². The van der Waals surface area contributed by atoms with Crippen LogP contribution < -0.4 is 5.73 Å². The maximum Gasteiger partial charge on any atom is 0.140 e. The third-order valence-corrected chi connectivity index (χ3v) is 4.95. The fourth-order valence-electron chi connectivity index (χ4n) is 3.74. The molecule has 0 saturated carbocycles. The summed E-state index contributed by atoms with van der Waals surface area (Å²) in [6.45, 7) is 2.75. The first-order chi connectivity index (χ1) is 11.3. The van der Waals surface area contributed by atoms with Crippen LogP contribution in [0, 0.1) is 6.92 Å². The molecule has 1 aliphatic carbocycles. The maximum atomic E-state index is 5.87. The lowest BCUT2D eigenvalue weighted by Crippen LogP contribution is -2.07. The predicted octanol–water partition coefficient (Wildman–Crippen LogP) is 3.69. The Bertz CT molecular complexity index is 861. The minimum atomic E-state index is 0.639. The molecule has 1 aromatic carbocycles. The molecule has 0 fully saturated rings. The van der Waals surface area contributed by atoms with Crippen LogP contribution in [-0.4, -0.2) is 15.9 Å². The average Bonchev–Trinajstić information content (AvgIpc) is 2.95. The lowest BCUT2D eigenvalue weighted by atomic mass is 9.89. The van der Waals surface area contributed by atoms with Gasteiger partial charge >= 0.3 is 0 Å². The van der Waals surface area contributed by atoms with Gasteiger partial charge in [-0.2, -0.15) is 0 Å². The minimum Gasteiger partial charge on any atom is -0.330 e. The summed E-state index contributed by atoms with van der Waals surface area (Å²) >= 11 is 0. The van der Waals surface area contributed by atoms with E-state index in [-0.39, 0.29) is 0 Å². The zero-order valence-electron chi connectivity index (χ0n) is 13.7. The van der Waals surface area contributed by atoms with Gasteiger partial charge in [-0.05, 0) is 68.0 Å². The van der Waals surface area contributed by atoms with Crippen LogP contribution in [-0.2, 0) is 19.3 Å². The van der Waals surface area contributed by atoms with Gasteiger partial charge in [-0.25, -0.2) is 4.98 Å². The molecule has 118 valence electrons. The number of pyridine rings is 1. The molecule has 1 aliphatic rings. The van der Waals surface area contributed by atoms with E-state index in [1.165, 1.54) is 53.6 Å². The second-order valence-electron chi connectivity index (χ2n) is 6.52. The van der Waals surface area contributed by atoms with Crippen molar-refractivity contribution in [3.63, 3.8) is 0 Å². The smallest absolute Gasteiger partial charge is 0.140 e. The van der Waals surface area contributed by atoms with Crippen molar-refractivity contribution in [2.45, 2.75) is 39.0 Å². The highest BCUT2D eigenvalue weighted by Gasteiger charge is 2.17. The van der Waals surface area contributed by atoms with Crippen molar-refractivity contribution >= 4 is 5.65 Å². The Kier molecular flexibility index (Phi) is 3.66. The molecule has 3 aromatic rings. The molecule has 0 amide bonds. The Balaban J connectivity index is 1.91. The zero-order valence-corrected chi connectivity index (χ0v) is 13.7. The first kappa shape index (κ1) is 14.5. The predicted molar refractivity (Wildman–Crippen MR) is 94.8 cm³/mol. The Morgan fingerprint density at radius 3 is 2.78 bits per heavy atom. The standard InChI is InChI=1S/C20H23N3/c1-14-5-4-12-23-18(10-11-21)19(22-20(14)23)17-9-8-15-6-2-3-7-16(15)13-17/h4-5,8-9,12-13H,2-3,6-7,10-11,21H2,1H3. The summed E-state index contributed by atoms with van der Waals surface area (Å²) in [6.07, 6.45) is 7.98. The van der Waals surface area contributed by atoms with E-state index < -0.39 is 0 Å². The van der Waals surface area contributed by atoms with Gasteiger partial charge in [0.05, 0.1) is 11.4 Å². The molecule has 0 bridgehead atoms. The van der Waals surface area contributed by atoms with Crippen molar-refractivity contribution in [1.82, 2.24) is 9.38 Å². The Morgan fingerprint density at radius 1 is 1.13 bits per heavy atom. The van der Waals surface area contributed by atoms with Crippen molar-refractivity contribution in [1.29, 1.82) is 0 Å². The van der Waals surface area contributed by atoms with Gasteiger partial charge in [-0.3, -0.25) is 0 Å². The van der Waals surface area contributed by atoms with E-state index >= 15 is 0 Å². The topological polar surface area (TPSA) is 43.3 Å². The third kappa shape index (κ3) is 2.45. The second-order valence-corrected chi connectivity index (χ2v) is 6.52. The minimum absolute atomic E-state index is 0.639. The van der Waals surface area contributed by atoms with Crippen LogP contribution >= 0.6 is 0 Å². The first-order valence-electron chi connectivity index (χ1n) is 8.56. The van der Waals surface area contributed by atoms with Crippen LogP contribution in [0.2, 0.25) is 0 Å². The number of aromatic nitrogens is 2. The van der Waals surface area contributed by atoms with Crippen molar-refractivity contribution in [3.05, 3.63) is 58.9 Å². The molecule has 2 heterocycles. The van der Waals surface area contributed by atoms with Crippen LogP contribution in [0.3, 0.4) is 0 Å². The fraction of sp³-hybridized carbons (Fsp3) is 0.350. The molecule has 23 heavy (non-hydrogen) atoms. The van der Waals surface area contributed by atoms with Crippen molar-refractivity contribution < 1.29 is 0 Å². The van der Waals surface area contributed by atoms with Gasteiger partial charge in [0.1, 0.15) is 5.65 Å². The molecule has 0 unspecified atom stereocenters. The number of aryl methyl sites for hydroxylation is 3. The van der Waals surface area contributed by atoms with Gasteiger partial charge in [0.2, 0.25) is 0 Å².